The van der Waals surface area contributed by atoms with Crippen molar-refractivity contribution in [3.05, 3.63) is 65.7 Å². The standard InChI is InChI=1S/C21H27NO3S/c1-3-4-6-11-21(22-16-20(23)18-9-7-5-8-10-18)26(24,25)19-14-12-17(2)13-15-19/h5,7-10,12-15,21-22H,3-4,6,11,16H2,1-2H3. The largest absolute Gasteiger partial charge is 0.294 e. The number of hydrogen-bond acceptors (Lipinski definition) is 4. The minimum Gasteiger partial charge on any atom is -0.294 e. The van der Waals surface area contributed by atoms with Gasteiger partial charge < -0.3 is 0 Å². The molecule has 0 aliphatic carbocycles. The molecule has 1 N–H and O–H groups in total. The Morgan fingerprint density at radius 3 is 2.27 bits per heavy atom. The summed E-state index contributed by atoms with van der Waals surface area (Å²) >= 11 is 0. The zero-order valence-electron chi connectivity index (χ0n) is 15.4. The quantitative estimate of drug-likeness (QED) is 0.502. The van der Waals surface area contributed by atoms with Crippen LogP contribution in [0.25, 0.3) is 0 Å². The minimum atomic E-state index is -3.54. The van der Waals surface area contributed by atoms with Gasteiger partial charge in [0.1, 0.15) is 5.37 Å². The third-order valence-corrected chi connectivity index (χ3v) is 6.46. The highest BCUT2D eigenvalue weighted by Gasteiger charge is 2.27. The van der Waals surface area contributed by atoms with E-state index in [1.807, 2.05) is 13.0 Å². The number of aryl methyl sites for hydroxylation is 1. The second-order valence-electron chi connectivity index (χ2n) is 6.51. The Bertz CT molecular complexity index is 799. The van der Waals surface area contributed by atoms with E-state index in [-0.39, 0.29) is 12.3 Å². The van der Waals surface area contributed by atoms with Crippen LogP contribution in [0.2, 0.25) is 0 Å². The summed E-state index contributed by atoms with van der Waals surface area (Å²) in [6, 6.07) is 15.8. The van der Waals surface area contributed by atoms with Gasteiger partial charge in [-0.25, -0.2) is 8.42 Å². The number of unbranched alkanes of at least 4 members (excludes halogenated alkanes) is 2. The summed E-state index contributed by atoms with van der Waals surface area (Å²) in [5.41, 5.74) is 1.60. The topological polar surface area (TPSA) is 63.2 Å². The summed E-state index contributed by atoms with van der Waals surface area (Å²) in [5.74, 6) is -0.106. The predicted octanol–water partition coefficient (Wildman–Crippen LogP) is 4.15. The van der Waals surface area contributed by atoms with Crippen LogP contribution in [0.3, 0.4) is 0 Å². The molecule has 26 heavy (non-hydrogen) atoms. The zero-order valence-corrected chi connectivity index (χ0v) is 16.3. The number of Topliss-reactive ketones (excluding diaryl/α,β-unsaturated/α-hetero) is 1. The zero-order chi connectivity index (χ0) is 19.0. The Kier molecular flexibility index (Phi) is 7.54. The predicted molar refractivity (Wildman–Crippen MR) is 105 cm³/mol. The molecule has 0 aromatic heterocycles. The molecule has 0 spiro atoms. The molecule has 0 saturated carbocycles. The average Bonchev–Trinajstić information content (AvgIpc) is 2.65. The third kappa shape index (κ3) is 5.51. The SMILES string of the molecule is CCCCCC(NCC(=O)c1ccccc1)S(=O)(=O)c1ccc(C)cc1. The van der Waals surface area contributed by atoms with Crippen LogP contribution < -0.4 is 5.32 Å². The fourth-order valence-electron chi connectivity index (χ4n) is 2.77. The molecule has 2 rings (SSSR count). The van der Waals surface area contributed by atoms with E-state index in [0.29, 0.717) is 16.9 Å². The van der Waals surface area contributed by atoms with Crippen LogP contribution in [-0.2, 0) is 9.84 Å². The van der Waals surface area contributed by atoms with Crippen LogP contribution >= 0.6 is 0 Å². The summed E-state index contributed by atoms with van der Waals surface area (Å²) in [5, 5.41) is 2.23. The van der Waals surface area contributed by atoms with Gasteiger partial charge in [-0.2, -0.15) is 0 Å². The molecular weight excluding hydrogens is 346 g/mol. The Labute approximate surface area is 156 Å². The number of benzene rings is 2. The summed E-state index contributed by atoms with van der Waals surface area (Å²) in [4.78, 5) is 12.6. The highest BCUT2D eigenvalue weighted by molar-refractivity contribution is 7.92. The minimum absolute atomic E-state index is 0.00585. The molecule has 0 saturated heterocycles. The van der Waals surface area contributed by atoms with Gasteiger partial charge in [0.05, 0.1) is 11.4 Å². The van der Waals surface area contributed by atoms with Gasteiger partial charge in [0.25, 0.3) is 0 Å². The van der Waals surface area contributed by atoms with Gasteiger partial charge in [0.2, 0.25) is 0 Å². The molecule has 0 heterocycles. The smallest absolute Gasteiger partial charge is 0.194 e. The number of carbonyl (C=O) groups is 1. The van der Waals surface area contributed by atoms with Crippen molar-refractivity contribution in [3.63, 3.8) is 0 Å². The van der Waals surface area contributed by atoms with Crippen molar-refractivity contribution in [1.82, 2.24) is 5.32 Å². The van der Waals surface area contributed by atoms with Crippen molar-refractivity contribution in [3.8, 4) is 0 Å². The fraction of sp³-hybridized carbons (Fsp3) is 0.381. The first-order chi connectivity index (χ1) is 12.4. The van der Waals surface area contributed by atoms with Crippen molar-refractivity contribution < 1.29 is 13.2 Å². The van der Waals surface area contributed by atoms with Crippen molar-refractivity contribution in [2.24, 2.45) is 0 Å². The van der Waals surface area contributed by atoms with Crippen LogP contribution in [0.4, 0.5) is 0 Å². The maximum absolute atomic E-state index is 13.0. The summed E-state index contributed by atoms with van der Waals surface area (Å²) < 4.78 is 26.0. The average molecular weight is 374 g/mol. The van der Waals surface area contributed by atoms with E-state index in [1.165, 1.54) is 0 Å². The first kappa shape index (κ1) is 20.3. The molecule has 0 amide bonds. The maximum Gasteiger partial charge on any atom is 0.194 e. The summed E-state index contributed by atoms with van der Waals surface area (Å²) in [6.07, 6.45) is 3.28. The molecule has 0 aliphatic rings. The van der Waals surface area contributed by atoms with E-state index in [9.17, 15) is 13.2 Å². The van der Waals surface area contributed by atoms with Gasteiger partial charge in [-0.3, -0.25) is 10.1 Å². The molecule has 5 heteroatoms. The fourth-order valence-corrected chi connectivity index (χ4v) is 4.40. The van der Waals surface area contributed by atoms with Gasteiger partial charge in [-0.1, -0.05) is 74.2 Å². The highest BCUT2D eigenvalue weighted by atomic mass is 32.2. The van der Waals surface area contributed by atoms with Crippen molar-refractivity contribution in [2.45, 2.75) is 49.8 Å². The normalized spacial score (nSPS) is 12.7. The number of carbonyl (C=O) groups excluding carboxylic acids is 1. The van der Waals surface area contributed by atoms with Crippen molar-refractivity contribution in [2.75, 3.05) is 6.54 Å². The van der Waals surface area contributed by atoms with E-state index in [1.54, 1.807) is 48.5 Å². The van der Waals surface area contributed by atoms with Crippen LogP contribution in [0, 0.1) is 6.92 Å². The number of nitrogens with one attached hydrogen (secondary N) is 1. The summed E-state index contributed by atoms with van der Waals surface area (Å²) in [7, 11) is -3.54. The Balaban J connectivity index is 2.14. The Morgan fingerprint density at radius 1 is 1.00 bits per heavy atom. The molecule has 0 aliphatic heterocycles. The Morgan fingerprint density at radius 2 is 1.65 bits per heavy atom. The van der Waals surface area contributed by atoms with Crippen molar-refractivity contribution >= 4 is 15.6 Å². The molecule has 0 bridgehead atoms. The van der Waals surface area contributed by atoms with Crippen LogP contribution in [-0.4, -0.2) is 26.1 Å². The lowest BCUT2D eigenvalue weighted by atomic mass is 10.1. The van der Waals surface area contributed by atoms with Gasteiger partial charge >= 0.3 is 0 Å². The molecule has 1 unspecified atom stereocenters. The van der Waals surface area contributed by atoms with Crippen LogP contribution in [0.5, 0.6) is 0 Å². The lowest BCUT2D eigenvalue weighted by molar-refractivity contribution is 0.0990. The molecule has 140 valence electrons. The van der Waals surface area contributed by atoms with Crippen LogP contribution in [0.15, 0.2) is 59.5 Å². The highest BCUT2D eigenvalue weighted by Crippen LogP contribution is 2.19. The van der Waals surface area contributed by atoms with Gasteiger partial charge in [-0.15, -0.1) is 0 Å². The van der Waals surface area contributed by atoms with E-state index in [0.717, 1.165) is 24.8 Å². The first-order valence-corrected chi connectivity index (χ1v) is 10.6. The molecular formula is C21H27NO3S. The summed E-state index contributed by atoms with van der Waals surface area (Å²) in [6.45, 7) is 4.01. The molecule has 1 atom stereocenters. The monoisotopic (exact) mass is 373 g/mol. The van der Waals surface area contributed by atoms with Gasteiger partial charge in [0.15, 0.2) is 15.6 Å². The Hall–Kier alpha value is -1.98. The first-order valence-electron chi connectivity index (χ1n) is 9.07. The molecule has 4 nitrogen and oxygen atoms in total. The van der Waals surface area contributed by atoms with E-state index in [4.69, 9.17) is 0 Å². The van der Waals surface area contributed by atoms with Gasteiger partial charge in [-0.05, 0) is 25.5 Å². The lowest BCUT2D eigenvalue weighted by Gasteiger charge is -2.19. The number of hydrogen-bond donors (Lipinski definition) is 1. The molecule has 0 radical (unpaired) electrons. The molecule has 0 fully saturated rings. The second-order valence-corrected chi connectivity index (χ2v) is 8.64. The molecule has 2 aromatic rings. The van der Waals surface area contributed by atoms with E-state index in [2.05, 4.69) is 12.2 Å². The molecule has 2 aromatic carbocycles. The number of sulfone groups is 1. The number of ketones is 1. The van der Waals surface area contributed by atoms with E-state index < -0.39 is 15.2 Å². The van der Waals surface area contributed by atoms with Crippen molar-refractivity contribution in [1.29, 1.82) is 0 Å². The maximum atomic E-state index is 13.0. The number of rotatable bonds is 10. The lowest BCUT2D eigenvalue weighted by Crippen LogP contribution is -2.39. The van der Waals surface area contributed by atoms with Crippen LogP contribution in [0.1, 0.15) is 48.5 Å². The third-order valence-electron chi connectivity index (χ3n) is 4.38. The second kappa shape index (κ2) is 9.64. The van der Waals surface area contributed by atoms with E-state index >= 15 is 0 Å². The van der Waals surface area contributed by atoms with Gasteiger partial charge in [0, 0.05) is 5.56 Å².